The summed E-state index contributed by atoms with van der Waals surface area (Å²) in [6, 6.07) is 0. The van der Waals surface area contributed by atoms with Crippen LogP contribution in [0.3, 0.4) is 0 Å². The van der Waals surface area contributed by atoms with Gasteiger partial charge in [-0.15, -0.1) is 0 Å². The average molecular weight is 218 g/mol. The molecule has 0 amide bonds. The van der Waals surface area contributed by atoms with Gasteiger partial charge in [-0.2, -0.15) is 0 Å². The summed E-state index contributed by atoms with van der Waals surface area (Å²) in [6.07, 6.45) is 1.98. The van der Waals surface area contributed by atoms with E-state index in [0.717, 1.165) is 12.8 Å². The fourth-order valence-corrected chi connectivity index (χ4v) is 0.652. The van der Waals surface area contributed by atoms with Crippen molar-refractivity contribution in [2.24, 2.45) is 5.92 Å². The summed E-state index contributed by atoms with van der Waals surface area (Å²) in [7, 11) is 0. The second-order valence-electron chi connectivity index (χ2n) is 3.67. The Morgan fingerprint density at radius 3 is 2.07 bits per heavy atom. The third-order valence-electron chi connectivity index (χ3n) is 1.46. The molecule has 90 valence electrons. The molecule has 0 atom stereocenters. The second-order valence-corrected chi connectivity index (χ2v) is 3.67. The van der Waals surface area contributed by atoms with Crippen molar-refractivity contribution >= 4 is 11.9 Å². The zero-order valence-corrected chi connectivity index (χ0v) is 10.1. The minimum Gasteiger partial charge on any atom is -0.481 e. The summed E-state index contributed by atoms with van der Waals surface area (Å²) in [5, 5.41) is 7.91. The number of esters is 1. The largest absolute Gasteiger partial charge is 0.481 e. The lowest BCUT2D eigenvalue weighted by Gasteiger charge is -2.02. The molecule has 0 radical (unpaired) electrons. The molecule has 0 saturated carbocycles. The summed E-state index contributed by atoms with van der Waals surface area (Å²) in [6.45, 7) is 8.04. The molecule has 15 heavy (non-hydrogen) atoms. The van der Waals surface area contributed by atoms with E-state index in [0.29, 0.717) is 18.9 Å². The topological polar surface area (TPSA) is 63.6 Å². The van der Waals surface area contributed by atoms with Crippen molar-refractivity contribution < 1.29 is 19.4 Å². The van der Waals surface area contributed by atoms with Gasteiger partial charge in [0.15, 0.2) is 0 Å². The molecule has 0 aromatic rings. The Balaban J connectivity index is 0. The zero-order valence-electron chi connectivity index (χ0n) is 10.1. The normalized spacial score (nSPS) is 9.13. The van der Waals surface area contributed by atoms with Crippen LogP contribution in [0.1, 0.15) is 47.0 Å². The number of carbonyl (C=O) groups excluding carboxylic acids is 1. The Morgan fingerprint density at radius 1 is 1.33 bits per heavy atom. The van der Waals surface area contributed by atoms with E-state index in [9.17, 15) is 9.59 Å². The molecular formula is C11H22O4. The predicted molar refractivity (Wildman–Crippen MR) is 58.6 cm³/mol. The van der Waals surface area contributed by atoms with Crippen molar-refractivity contribution in [1.29, 1.82) is 0 Å². The van der Waals surface area contributed by atoms with E-state index < -0.39 is 5.97 Å². The Kier molecular flexibility index (Phi) is 12.0. The maximum absolute atomic E-state index is 10.2. The molecule has 4 nitrogen and oxygen atoms in total. The van der Waals surface area contributed by atoms with Crippen LogP contribution in [0.25, 0.3) is 0 Å². The van der Waals surface area contributed by atoms with E-state index >= 15 is 0 Å². The van der Waals surface area contributed by atoms with E-state index in [4.69, 9.17) is 9.84 Å². The summed E-state index contributed by atoms with van der Waals surface area (Å²) >= 11 is 0. The molecule has 0 fully saturated rings. The molecule has 4 heteroatoms. The molecule has 0 rings (SSSR count). The lowest BCUT2D eigenvalue weighted by molar-refractivity contribution is -0.141. The lowest BCUT2D eigenvalue weighted by Crippen LogP contribution is -2.02. The summed E-state index contributed by atoms with van der Waals surface area (Å²) in [5.74, 6) is -0.280. The Labute approximate surface area is 91.6 Å². The van der Waals surface area contributed by atoms with Gasteiger partial charge in [0.25, 0.3) is 0 Å². The van der Waals surface area contributed by atoms with Gasteiger partial charge in [0, 0.05) is 13.3 Å². The molecule has 0 saturated heterocycles. The number of carbonyl (C=O) groups is 2. The van der Waals surface area contributed by atoms with Crippen molar-refractivity contribution in [3.05, 3.63) is 0 Å². The lowest BCUT2D eigenvalue weighted by atomic mass is 10.1. The smallest absolute Gasteiger partial charge is 0.303 e. The SMILES string of the molecule is CC(=O)OCCC(C)C.CCCC(=O)O. The molecule has 0 spiro atoms. The van der Waals surface area contributed by atoms with Gasteiger partial charge < -0.3 is 9.84 Å². The number of hydrogen-bond donors (Lipinski definition) is 1. The zero-order chi connectivity index (χ0) is 12.3. The molecular weight excluding hydrogens is 196 g/mol. The fraction of sp³-hybridized carbons (Fsp3) is 0.818. The highest BCUT2D eigenvalue weighted by Gasteiger charge is 1.95. The molecule has 0 heterocycles. The van der Waals surface area contributed by atoms with Crippen LogP contribution in [0.15, 0.2) is 0 Å². The minimum absolute atomic E-state index is 0.185. The first kappa shape index (κ1) is 16.4. The molecule has 0 aromatic carbocycles. The van der Waals surface area contributed by atoms with E-state index in [2.05, 4.69) is 13.8 Å². The van der Waals surface area contributed by atoms with E-state index in [1.807, 2.05) is 6.92 Å². The monoisotopic (exact) mass is 218 g/mol. The number of ether oxygens (including phenoxy) is 1. The van der Waals surface area contributed by atoms with Crippen LogP contribution in [0, 0.1) is 5.92 Å². The molecule has 0 bridgehead atoms. The van der Waals surface area contributed by atoms with Crippen LogP contribution in [-0.2, 0) is 14.3 Å². The van der Waals surface area contributed by atoms with Gasteiger partial charge in [-0.3, -0.25) is 9.59 Å². The quantitative estimate of drug-likeness (QED) is 0.720. The van der Waals surface area contributed by atoms with E-state index in [-0.39, 0.29) is 5.97 Å². The van der Waals surface area contributed by atoms with Gasteiger partial charge >= 0.3 is 11.9 Å². The third kappa shape index (κ3) is 24.6. The molecule has 0 aromatic heterocycles. The first-order valence-electron chi connectivity index (χ1n) is 5.25. The number of carboxylic acids is 1. The number of rotatable bonds is 5. The van der Waals surface area contributed by atoms with Gasteiger partial charge in [-0.1, -0.05) is 20.8 Å². The van der Waals surface area contributed by atoms with E-state index in [1.54, 1.807) is 0 Å². The van der Waals surface area contributed by atoms with Crippen LogP contribution in [-0.4, -0.2) is 23.7 Å². The van der Waals surface area contributed by atoms with Gasteiger partial charge in [-0.05, 0) is 18.8 Å². The molecule has 0 aliphatic rings. The fourth-order valence-electron chi connectivity index (χ4n) is 0.652. The van der Waals surface area contributed by atoms with Crippen LogP contribution < -0.4 is 0 Å². The highest BCUT2D eigenvalue weighted by atomic mass is 16.5. The van der Waals surface area contributed by atoms with Gasteiger partial charge in [0.1, 0.15) is 0 Å². The van der Waals surface area contributed by atoms with Crippen molar-refractivity contribution in [2.75, 3.05) is 6.61 Å². The molecule has 0 aliphatic heterocycles. The van der Waals surface area contributed by atoms with Gasteiger partial charge in [0.2, 0.25) is 0 Å². The Bertz CT molecular complexity index is 175. The maximum atomic E-state index is 10.2. The number of carboxylic acid groups (broad SMARTS) is 1. The van der Waals surface area contributed by atoms with Gasteiger partial charge in [0.05, 0.1) is 6.61 Å². The highest BCUT2D eigenvalue weighted by molar-refractivity contribution is 5.66. The predicted octanol–water partition coefficient (Wildman–Crippen LogP) is 2.47. The summed E-state index contributed by atoms with van der Waals surface area (Å²) in [4.78, 5) is 19.8. The van der Waals surface area contributed by atoms with Crippen LogP contribution in [0.4, 0.5) is 0 Å². The van der Waals surface area contributed by atoms with Crippen LogP contribution in [0.5, 0.6) is 0 Å². The van der Waals surface area contributed by atoms with Crippen molar-refractivity contribution in [3.8, 4) is 0 Å². The van der Waals surface area contributed by atoms with Gasteiger partial charge in [-0.25, -0.2) is 0 Å². The highest BCUT2D eigenvalue weighted by Crippen LogP contribution is 1.98. The van der Waals surface area contributed by atoms with Crippen molar-refractivity contribution in [2.45, 2.75) is 47.0 Å². The Morgan fingerprint density at radius 2 is 1.87 bits per heavy atom. The first-order chi connectivity index (χ1) is 6.90. The van der Waals surface area contributed by atoms with Crippen molar-refractivity contribution in [1.82, 2.24) is 0 Å². The van der Waals surface area contributed by atoms with Crippen LogP contribution >= 0.6 is 0 Å². The van der Waals surface area contributed by atoms with E-state index in [1.165, 1.54) is 6.92 Å². The minimum atomic E-state index is -0.711. The maximum Gasteiger partial charge on any atom is 0.303 e. The van der Waals surface area contributed by atoms with Crippen LogP contribution in [0.2, 0.25) is 0 Å². The molecule has 1 N–H and O–H groups in total. The molecule has 0 unspecified atom stereocenters. The third-order valence-corrected chi connectivity index (χ3v) is 1.46. The summed E-state index contributed by atoms with van der Waals surface area (Å²) in [5.41, 5.74) is 0. The second kappa shape index (κ2) is 11.0. The van der Waals surface area contributed by atoms with Crippen molar-refractivity contribution in [3.63, 3.8) is 0 Å². The average Bonchev–Trinajstić information content (AvgIpc) is 2.03. The number of aliphatic carboxylic acids is 1. The first-order valence-corrected chi connectivity index (χ1v) is 5.25. The summed E-state index contributed by atoms with van der Waals surface area (Å²) < 4.78 is 4.71. The standard InChI is InChI=1S/C7H14O2.C4H8O2/c1-6(2)4-5-9-7(3)8;1-2-3-4(5)6/h6H,4-5H2,1-3H3;2-3H2,1H3,(H,5,6). The molecule has 0 aliphatic carbocycles. The Hall–Kier alpha value is -1.06. The number of hydrogen-bond acceptors (Lipinski definition) is 3.